The number of hydrogen-bond acceptors (Lipinski definition) is 3. The number of aromatic hydroxyl groups is 1. The maximum absolute atomic E-state index is 13.0. The monoisotopic (exact) mass is 384 g/mol. The van der Waals surface area contributed by atoms with E-state index in [-0.39, 0.29) is 23.5 Å². The van der Waals surface area contributed by atoms with Crippen molar-refractivity contribution in [1.29, 1.82) is 0 Å². The Hall–Kier alpha value is -2.04. The smallest absolute Gasteiger partial charge is 0.257 e. The van der Waals surface area contributed by atoms with Crippen LogP contribution in [0.1, 0.15) is 66.9 Å². The van der Waals surface area contributed by atoms with E-state index in [1.165, 1.54) is 11.1 Å². The first-order valence-electron chi connectivity index (χ1n) is 11.0. The van der Waals surface area contributed by atoms with Crippen LogP contribution in [0.25, 0.3) is 0 Å². The number of piperidine rings is 2. The molecular formula is C23H32N2O3. The highest BCUT2D eigenvalue weighted by atomic mass is 16.3. The average molecular weight is 385 g/mol. The highest BCUT2D eigenvalue weighted by Crippen LogP contribution is 2.31. The first-order valence-corrected chi connectivity index (χ1v) is 11.0. The third-order valence-corrected chi connectivity index (χ3v) is 6.92. The molecule has 0 radical (unpaired) electrons. The van der Waals surface area contributed by atoms with Crippen LogP contribution in [0, 0.1) is 11.8 Å². The van der Waals surface area contributed by atoms with Crippen molar-refractivity contribution >= 4 is 11.8 Å². The zero-order valence-corrected chi connectivity index (χ0v) is 17.0. The lowest BCUT2D eigenvalue weighted by Gasteiger charge is -2.37. The summed E-state index contributed by atoms with van der Waals surface area (Å²) >= 11 is 0. The van der Waals surface area contributed by atoms with Crippen molar-refractivity contribution in [2.24, 2.45) is 11.8 Å². The molecule has 0 aromatic heterocycles. The molecular weight excluding hydrogens is 352 g/mol. The zero-order chi connectivity index (χ0) is 19.7. The van der Waals surface area contributed by atoms with Gasteiger partial charge in [0, 0.05) is 32.1 Å². The molecule has 0 atom stereocenters. The van der Waals surface area contributed by atoms with Gasteiger partial charge >= 0.3 is 0 Å². The number of aryl methyl sites for hydroxylation is 2. The van der Waals surface area contributed by atoms with Crippen molar-refractivity contribution in [3.63, 3.8) is 0 Å². The number of carbonyl (C=O) groups is 2. The Morgan fingerprint density at radius 2 is 1.46 bits per heavy atom. The molecule has 2 saturated heterocycles. The molecule has 152 valence electrons. The van der Waals surface area contributed by atoms with Crippen LogP contribution in [-0.4, -0.2) is 52.9 Å². The fraction of sp³-hybridized carbons (Fsp3) is 0.652. The third kappa shape index (κ3) is 3.89. The summed E-state index contributed by atoms with van der Waals surface area (Å²) in [5, 5.41) is 10.4. The molecule has 0 saturated carbocycles. The summed E-state index contributed by atoms with van der Waals surface area (Å²) in [4.78, 5) is 29.6. The van der Waals surface area contributed by atoms with Gasteiger partial charge in [-0.3, -0.25) is 9.59 Å². The molecule has 2 aliphatic heterocycles. The standard InChI is InChI=1S/C23H32N2O3/c1-16-6-10-24(11-7-16)22(27)17-8-12-25(13-9-17)23(28)20-14-18-4-2-3-5-19(18)15-21(20)26/h14-17,26H,2-13H2,1H3. The van der Waals surface area contributed by atoms with Gasteiger partial charge in [0.2, 0.25) is 5.91 Å². The maximum atomic E-state index is 13.0. The van der Waals surface area contributed by atoms with Gasteiger partial charge in [-0.05, 0) is 80.5 Å². The van der Waals surface area contributed by atoms with Gasteiger partial charge in [-0.1, -0.05) is 6.92 Å². The molecule has 4 rings (SSSR count). The van der Waals surface area contributed by atoms with Crippen LogP contribution in [-0.2, 0) is 17.6 Å². The molecule has 2 heterocycles. The summed E-state index contributed by atoms with van der Waals surface area (Å²) in [6, 6.07) is 3.69. The Labute approximate surface area is 167 Å². The number of rotatable bonds is 2. The molecule has 0 unspecified atom stereocenters. The summed E-state index contributed by atoms with van der Waals surface area (Å²) in [5.74, 6) is 1.04. The number of likely N-dealkylation sites (tertiary alicyclic amines) is 2. The number of fused-ring (bicyclic) bond motifs is 1. The highest BCUT2D eigenvalue weighted by Gasteiger charge is 2.32. The molecule has 2 fully saturated rings. The van der Waals surface area contributed by atoms with Crippen molar-refractivity contribution in [3.8, 4) is 5.75 Å². The predicted molar refractivity (Wildman–Crippen MR) is 108 cm³/mol. The lowest BCUT2D eigenvalue weighted by atomic mass is 9.89. The van der Waals surface area contributed by atoms with E-state index >= 15 is 0 Å². The Bertz CT molecular complexity index is 744. The minimum Gasteiger partial charge on any atom is -0.507 e. The first-order chi connectivity index (χ1) is 13.5. The van der Waals surface area contributed by atoms with E-state index in [2.05, 4.69) is 6.92 Å². The van der Waals surface area contributed by atoms with Crippen molar-refractivity contribution < 1.29 is 14.7 Å². The minimum absolute atomic E-state index is 0.0367. The lowest BCUT2D eigenvalue weighted by molar-refractivity contribution is -0.138. The number of phenolic OH excluding ortho intramolecular Hbond substituents is 1. The molecule has 1 aromatic carbocycles. The molecule has 0 bridgehead atoms. The van der Waals surface area contributed by atoms with Crippen LogP contribution in [0.5, 0.6) is 5.75 Å². The lowest BCUT2D eigenvalue weighted by Crippen LogP contribution is -2.46. The number of nitrogens with zero attached hydrogens (tertiary/aromatic N) is 2. The summed E-state index contributed by atoms with van der Waals surface area (Å²) < 4.78 is 0. The fourth-order valence-electron chi connectivity index (χ4n) is 4.93. The van der Waals surface area contributed by atoms with Gasteiger partial charge in [0.25, 0.3) is 5.91 Å². The van der Waals surface area contributed by atoms with Crippen LogP contribution >= 0.6 is 0 Å². The predicted octanol–water partition coefficient (Wildman–Crippen LogP) is 3.38. The van der Waals surface area contributed by atoms with E-state index in [9.17, 15) is 14.7 Å². The Kier molecular flexibility index (Phi) is 5.61. The second-order valence-electron chi connectivity index (χ2n) is 8.92. The number of benzene rings is 1. The van der Waals surface area contributed by atoms with Crippen LogP contribution in [0.15, 0.2) is 12.1 Å². The molecule has 2 amide bonds. The zero-order valence-electron chi connectivity index (χ0n) is 17.0. The summed E-state index contributed by atoms with van der Waals surface area (Å²) in [6.07, 6.45) is 7.92. The maximum Gasteiger partial charge on any atom is 0.257 e. The SMILES string of the molecule is CC1CCN(C(=O)C2CCN(C(=O)c3cc4c(cc3O)CCCC4)CC2)CC1. The van der Waals surface area contributed by atoms with E-state index in [1.807, 2.05) is 15.9 Å². The summed E-state index contributed by atoms with van der Waals surface area (Å²) in [5.41, 5.74) is 2.81. The quantitative estimate of drug-likeness (QED) is 0.850. The number of phenols is 1. The molecule has 1 aromatic rings. The van der Waals surface area contributed by atoms with E-state index in [4.69, 9.17) is 0 Å². The molecule has 1 aliphatic carbocycles. The van der Waals surface area contributed by atoms with Crippen LogP contribution in [0.4, 0.5) is 0 Å². The van der Waals surface area contributed by atoms with Crippen LogP contribution in [0.2, 0.25) is 0 Å². The van der Waals surface area contributed by atoms with Crippen molar-refractivity contribution in [3.05, 3.63) is 28.8 Å². The molecule has 5 nitrogen and oxygen atoms in total. The molecule has 3 aliphatic rings. The Morgan fingerprint density at radius 3 is 2.11 bits per heavy atom. The third-order valence-electron chi connectivity index (χ3n) is 6.92. The second-order valence-corrected chi connectivity index (χ2v) is 8.92. The molecule has 28 heavy (non-hydrogen) atoms. The van der Waals surface area contributed by atoms with Crippen molar-refractivity contribution in [2.45, 2.75) is 58.3 Å². The Morgan fingerprint density at radius 1 is 0.893 bits per heavy atom. The summed E-state index contributed by atoms with van der Waals surface area (Å²) in [7, 11) is 0. The second kappa shape index (κ2) is 8.14. The molecule has 0 spiro atoms. The van der Waals surface area contributed by atoms with Gasteiger partial charge in [-0.2, -0.15) is 0 Å². The van der Waals surface area contributed by atoms with Gasteiger partial charge in [-0.25, -0.2) is 0 Å². The van der Waals surface area contributed by atoms with Crippen LogP contribution in [0.3, 0.4) is 0 Å². The van der Waals surface area contributed by atoms with Gasteiger partial charge in [0.15, 0.2) is 0 Å². The van der Waals surface area contributed by atoms with Gasteiger partial charge in [-0.15, -0.1) is 0 Å². The van der Waals surface area contributed by atoms with E-state index in [0.717, 1.165) is 64.5 Å². The van der Waals surface area contributed by atoms with E-state index < -0.39 is 0 Å². The van der Waals surface area contributed by atoms with Gasteiger partial charge in [0.05, 0.1) is 5.56 Å². The van der Waals surface area contributed by atoms with E-state index in [0.29, 0.717) is 24.6 Å². The minimum atomic E-state index is -0.0939. The Balaban J connectivity index is 1.37. The van der Waals surface area contributed by atoms with Gasteiger partial charge in [0.1, 0.15) is 5.75 Å². The number of hydrogen-bond donors (Lipinski definition) is 1. The molecule has 5 heteroatoms. The highest BCUT2D eigenvalue weighted by molar-refractivity contribution is 5.97. The van der Waals surface area contributed by atoms with Crippen molar-refractivity contribution in [2.75, 3.05) is 26.2 Å². The largest absolute Gasteiger partial charge is 0.507 e. The number of carbonyl (C=O) groups excluding carboxylic acids is 2. The molecule has 1 N–H and O–H groups in total. The number of amides is 2. The van der Waals surface area contributed by atoms with E-state index in [1.54, 1.807) is 6.07 Å². The van der Waals surface area contributed by atoms with Crippen molar-refractivity contribution in [1.82, 2.24) is 9.80 Å². The fourth-order valence-corrected chi connectivity index (χ4v) is 4.93. The van der Waals surface area contributed by atoms with Gasteiger partial charge < -0.3 is 14.9 Å². The normalized spacial score (nSPS) is 21.5. The summed E-state index contributed by atoms with van der Waals surface area (Å²) in [6.45, 7) is 5.19. The van der Waals surface area contributed by atoms with Crippen LogP contribution < -0.4 is 0 Å². The first kappa shape index (κ1) is 19.3. The topological polar surface area (TPSA) is 60.9 Å². The average Bonchev–Trinajstić information content (AvgIpc) is 2.73.